The maximum atomic E-state index is 13.6. The molecule has 2 N–H and O–H groups in total. The number of thiazole rings is 1. The standard InChI is InChI=1S/C38H40N6O8S/c1-3-14-49-16-18-51-20-21-52-19-17-50-15-11-40-36(46)37-43-30(25-53-37)33-34-32(31(48-2)24-42-33)29(23-41-34)35(45)38(47)44-12-9-27(10-13-44)28(22-39)26-7-5-4-6-8-26/h1,4-8,23-25,41H,9-21H2,2H3,(H,40,46). The fraction of sp³-hybridized carbons (Fsp3) is 0.368. The van der Waals surface area contributed by atoms with Crippen molar-refractivity contribution in [2.75, 3.05) is 79.6 Å². The highest BCUT2D eigenvalue weighted by Gasteiger charge is 2.30. The lowest BCUT2D eigenvalue weighted by molar-refractivity contribution is -0.126. The van der Waals surface area contributed by atoms with Gasteiger partial charge in [-0.3, -0.25) is 14.4 Å². The maximum absolute atomic E-state index is 13.6. The predicted octanol–water partition coefficient (Wildman–Crippen LogP) is 3.91. The Hall–Kier alpha value is -5.42. The Morgan fingerprint density at radius 3 is 2.34 bits per heavy atom. The van der Waals surface area contributed by atoms with Gasteiger partial charge >= 0.3 is 0 Å². The van der Waals surface area contributed by atoms with E-state index in [4.69, 9.17) is 30.1 Å². The van der Waals surface area contributed by atoms with Gasteiger partial charge < -0.3 is 38.9 Å². The molecule has 0 unspecified atom stereocenters. The number of ketones is 1. The van der Waals surface area contributed by atoms with Crippen LogP contribution in [0.2, 0.25) is 0 Å². The van der Waals surface area contributed by atoms with Crippen molar-refractivity contribution in [3.05, 3.63) is 69.8 Å². The number of terminal acetylenes is 1. The first-order valence-corrected chi connectivity index (χ1v) is 17.9. The zero-order valence-corrected chi connectivity index (χ0v) is 30.2. The summed E-state index contributed by atoms with van der Waals surface area (Å²) < 4.78 is 27.0. The SMILES string of the molecule is C#CCOCCOCCOCCOCCNC(=O)c1nc(-c2ncc(OC)c3c(C(=O)C(=O)N4CCC(=C(C#N)c5ccccc5)CC4)c[nH]c23)cs1. The summed E-state index contributed by atoms with van der Waals surface area (Å²) in [7, 11) is 1.46. The summed E-state index contributed by atoms with van der Waals surface area (Å²) >= 11 is 1.15. The van der Waals surface area contributed by atoms with Crippen LogP contribution >= 0.6 is 11.3 Å². The third-order valence-electron chi connectivity index (χ3n) is 8.29. The molecule has 0 radical (unpaired) electrons. The summed E-state index contributed by atoms with van der Waals surface area (Å²) in [5.74, 6) is 0.988. The number of amides is 2. The van der Waals surface area contributed by atoms with Crippen LogP contribution in [0.1, 0.15) is 38.6 Å². The van der Waals surface area contributed by atoms with Gasteiger partial charge in [-0.1, -0.05) is 36.3 Å². The quantitative estimate of drug-likeness (QED) is 0.0469. The smallest absolute Gasteiger partial charge is 0.295 e. The van der Waals surface area contributed by atoms with E-state index in [1.54, 1.807) is 5.38 Å². The van der Waals surface area contributed by atoms with Gasteiger partial charge in [0.25, 0.3) is 17.6 Å². The Balaban J connectivity index is 1.13. The van der Waals surface area contributed by atoms with Gasteiger partial charge in [0.2, 0.25) is 0 Å². The molecule has 0 atom stereocenters. The number of H-pyrrole nitrogens is 1. The maximum Gasteiger partial charge on any atom is 0.295 e. The van der Waals surface area contributed by atoms with Gasteiger partial charge in [0.1, 0.15) is 23.7 Å². The highest BCUT2D eigenvalue weighted by atomic mass is 32.1. The normalized spacial score (nSPS) is 12.7. The van der Waals surface area contributed by atoms with Crippen LogP contribution in [0.5, 0.6) is 5.75 Å². The molecule has 0 spiro atoms. The Kier molecular flexibility index (Phi) is 14.6. The van der Waals surface area contributed by atoms with Gasteiger partial charge in [-0.15, -0.1) is 17.8 Å². The van der Waals surface area contributed by atoms with Crippen LogP contribution in [-0.2, 0) is 23.7 Å². The number of hydrogen-bond donors (Lipinski definition) is 2. The molecule has 14 nitrogen and oxygen atoms in total. The van der Waals surface area contributed by atoms with Crippen LogP contribution < -0.4 is 10.1 Å². The molecule has 276 valence electrons. The van der Waals surface area contributed by atoms with Crippen LogP contribution in [-0.4, -0.2) is 117 Å². The summed E-state index contributed by atoms with van der Waals surface area (Å²) in [5.41, 5.74) is 3.81. The molecule has 1 fully saturated rings. The first-order valence-electron chi connectivity index (χ1n) is 17.0. The number of allylic oxidation sites excluding steroid dienone is 1. The number of carbonyl (C=O) groups excluding carboxylic acids is 3. The number of nitriles is 1. The van der Waals surface area contributed by atoms with Crippen molar-refractivity contribution in [3.63, 3.8) is 0 Å². The van der Waals surface area contributed by atoms with Crippen LogP contribution in [0.25, 0.3) is 27.9 Å². The average molecular weight is 741 g/mol. The number of aromatic nitrogens is 3. The van der Waals surface area contributed by atoms with E-state index in [9.17, 15) is 19.6 Å². The molecular weight excluding hydrogens is 701 g/mol. The molecule has 2 amide bonds. The molecule has 0 bridgehead atoms. The van der Waals surface area contributed by atoms with Gasteiger partial charge in [0.05, 0.1) is 87.7 Å². The van der Waals surface area contributed by atoms with Crippen LogP contribution in [0, 0.1) is 23.7 Å². The average Bonchev–Trinajstić information content (AvgIpc) is 3.87. The monoisotopic (exact) mass is 740 g/mol. The number of carbonyl (C=O) groups is 3. The number of benzene rings is 1. The fourth-order valence-corrected chi connectivity index (χ4v) is 6.40. The van der Waals surface area contributed by atoms with Crippen LogP contribution in [0.15, 0.2) is 53.7 Å². The lowest BCUT2D eigenvalue weighted by atomic mass is 9.93. The molecule has 53 heavy (non-hydrogen) atoms. The fourth-order valence-electron chi connectivity index (χ4n) is 5.68. The van der Waals surface area contributed by atoms with E-state index in [1.807, 2.05) is 30.3 Å². The second-order valence-corrected chi connectivity index (χ2v) is 12.5. The van der Waals surface area contributed by atoms with E-state index in [1.165, 1.54) is 24.4 Å². The number of nitrogens with zero attached hydrogens (tertiary/aromatic N) is 4. The number of likely N-dealkylation sites (tertiary alicyclic amines) is 1. The lowest BCUT2D eigenvalue weighted by Gasteiger charge is -2.28. The van der Waals surface area contributed by atoms with Crippen LogP contribution in [0.3, 0.4) is 0 Å². The van der Waals surface area contributed by atoms with E-state index < -0.39 is 11.7 Å². The second kappa shape index (κ2) is 20.0. The molecule has 4 heterocycles. The van der Waals surface area contributed by atoms with Gasteiger partial charge in [-0.25, -0.2) is 9.97 Å². The lowest BCUT2D eigenvalue weighted by Crippen LogP contribution is -2.40. The van der Waals surface area contributed by atoms with Gasteiger partial charge in [-0.05, 0) is 24.0 Å². The number of nitrogens with one attached hydrogen (secondary N) is 2. The number of Topliss-reactive ketones (excluding diaryl/α,β-unsaturated/α-hetero) is 1. The van der Waals surface area contributed by atoms with Crippen molar-refractivity contribution < 1.29 is 38.1 Å². The number of piperidine rings is 1. The molecule has 3 aromatic heterocycles. The van der Waals surface area contributed by atoms with E-state index >= 15 is 0 Å². The minimum absolute atomic E-state index is 0.142. The topological polar surface area (TPSA) is 178 Å². The van der Waals surface area contributed by atoms with Gasteiger partial charge in [-0.2, -0.15) is 5.26 Å². The molecule has 0 aliphatic carbocycles. The van der Waals surface area contributed by atoms with Crippen molar-refractivity contribution in [2.45, 2.75) is 12.8 Å². The van der Waals surface area contributed by atoms with Gasteiger partial charge in [0.15, 0.2) is 5.01 Å². The second-order valence-electron chi connectivity index (χ2n) is 11.6. The third-order valence-corrected chi connectivity index (χ3v) is 9.13. The minimum atomic E-state index is -0.692. The molecule has 1 aromatic carbocycles. The number of aromatic amines is 1. The predicted molar refractivity (Wildman–Crippen MR) is 197 cm³/mol. The summed E-state index contributed by atoms with van der Waals surface area (Å²) in [6, 6.07) is 11.7. The zero-order chi connectivity index (χ0) is 37.4. The molecule has 0 saturated carbocycles. The van der Waals surface area contributed by atoms with Crippen molar-refractivity contribution in [1.82, 2.24) is 25.2 Å². The number of hydrogen-bond acceptors (Lipinski definition) is 12. The Labute approximate surface area is 311 Å². The van der Waals surface area contributed by atoms with E-state index in [2.05, 4.69) is 32.3 Å². The Morgan fingerprint density at radius 2 is 1.68 bits per heavy atom. The van der Waals surface area contributed by atoms with Gasteiger partial charge in [0, 0.05) is 31.2 Å². The third kappa shape index (κ3) is 10.1. The number of rotatable bonds is 19. The number of pyridine rings is 1. The van der Waals surface area contributed by atoms with Crippen molar-refractivity contribution in [3.8, 4) is 35.6 Å². The highest BCUT2D eigenvalue weighted by molar-refractivity contribution is 7.12. The van der Waals surface area contributed by atoms with Crippen molar-refractivity contribution >= 4 is 45.4 Å². The Morgan fingerprint density at radius 1 is 1.00 bits per heavy atom. The summed E-state index contributed by atoms with van der Waals surface area (Å²) in [6.45, 7) is 3.96. The van der Waals surface area contributed by atoms with Crippen molar-refractivity contribution in [1.29, 1.82) is 5.26 Å². The largest absolute Gasteiger partial charge is 0.494 e. The molecule has 1 aliphatic heterocycles. The summed E-state index contributed by atoms with van der Waals surface area (Å²) in [4.78, 5) is 53.5. The van der Waals surface area contributed by atoms with E-state index in [0.717, 1.165) is 22.5 Å². The summed E-state index contributed by atoms with van der Waals surface area (Å²) in [6.07, 6.45) is 9.02. The van der Waals surface area contributed by atoms with E-state index in [-0.39, 0.29) is 29.6 Å². The molecule has 4 aromatic rings. The van der Waals surface area contributed by atoms with E-state index in [0.29, 0.717) is 106 Å². The summed E-state index contributed by atoms with van der Waals surface area (Å²) in [5, 5.41) is 14.9. The minimum Gasteiger partial charge on any atom is -0.494 e. The number of ether oxygens (including phenoxy) is 5. The highest BCUT2D eigenvalue weighted by Crippen LogP contribution is 2.35. The molecule has 1 aliphatic rings. The first-order chi connectivity index (χ1) is 26.0. The molecule has 1 saturated heterocycles. The molecule has 15 heteroatoms. The first kappa shape index (κ1) is 38.8. The number of methoxy groups -OCH3 is 1. The van der Waals surface area contributed by atoms with Crippen molar-refractivity contribution in [2.24, 2.45) is 0 Å². The molecule has 5 rings (SSSR count). The molecular formula is C38H40N6O8S. The van der Waals surface area contributed by atoms with Crippen LogP contribution in [0.4, 0.5) is 0 Å². The zero-order valence-electron chi connectivity index (χ0n) is 29.4. The Bertz CT molecular complexity index is 1980. The number of fused-ring (bicyclic) bond motifs is 1.